The van der Waals surface area contributed by atoms with Crippen molar-refractivity contribution in [1.29, 1.82) is 0 Å². The minimum absolute atomic E-state index is 0.635. The molecule has 2 heteroatoms. The molecule has 13 heavy (non-hydrogen) atoms. The van der Waals surface area contributed by atoms with Crippen molar-refractivity contribution >= 4 is 11.8 Å². The summed E-state index contributed by atoms with van der Waals surface area (Å²) < 4.78 is 0. The second-order valence-electron chi connectivity index (χ2n) is 3.36. The number of rotatable bonds is 2. The van der Waals surface area contributed by atoms with Crippen LogP contribution >= 0.6 is 11.8 Å². The summed E-state index contributed by atoms with van der Waals surface area (Å²) in [7, 11) is 0. The van der Waals surface area contributed by atoms with Gasteiger partial charge >= 0.3 is 0 Å². The van der Waals surface area contributed by atoms with Crippen LogP contribution in [0.1, 0.15) is 12.0 Å². The molecule has 0 saturated carbocycles. The smallest absolute Gasteiger partial charge is 0.0572 e. The predicted octanol–water partition coefficient (Wildman–Crippen LogP) is 2.28. The van der Waals surface area contributed by atoms with Gasteiger partial charge in [-0.1, -0.05) is 30.3 Å². The number of thioether (sulfide) groups is 1. The summed E-state index contributed by atoms with van der Waals surface area (Å²) in [4.78, 5) is 0. The summed E-state index contributed by atoms with van der Waals surface area (Å²) in [6.07, 6.45) is 2.47. The van der Waals surface area contributed by atoms with Crippen molar-refractivity contribution in [3.63, 3.8) is 0 Å². The molecule has 1 nitrogen and oxygen atoms in total. The van der Waals surface area contributed by atoms with Gasteiger partial charge in [0.25, 0.3) is 0 Å². The van der Waals surface area contributed by atoms with Gasteiger partial charge in [-0.25, -0.2) is 0 Å². The molecular formula is C11H15NS. The summed E-state index contributed by atoms with van der Waals surface area (Å²) in [5.74, 6) is 1.31. The van der Waals surface area contributed by atoms with Crippen LogP contribution in [0.2, 0.25) is 0 Å². The van der Waals surface area contributed by atoms with Gasteiger partial charge in [0, 0.05) is 0 Å². The first kappa shape index (κ1) is 9.10. The van der Waals surface area contributed by atoms with Crippen LogP contribution in [-0.2, 0) is 6.42 Å². The molecule has 0 aromatic heterocycles. The summed E-state index contributed by atoms with van der Waals surface area (Å²) in [5.41, 5.74) is 1.44. The monoisotopic (exact) mass is 193 g/mol. The third kappa shape index (κ3) is 2.75. The minimum atomic E-state index is 0.635. The first-order chi connectivity index (χ1) is 6.45. The van der Waals surface area contributed by atoms with E-state index in [0.717, 1.165) is 6.42 Å². The van der Waals surface area contributed by atoms with Gasteiger partial charge < -0.3 is 5.32 Å². The molecule has 0 amide bonds. The highest BCUT2D eigenvalue weighted by Gasteiger charge is 2.12. The Bertz CT molecular complexity index is 242. The van der Waals surface area contributed by atoms with Crippen molar-refractivity contribution in [3.05, 3.63) is 35.9 Å². The Morgan fingerprint density at radius 1 is 1.31 bits per heavy atom. The minimum Gasteiger partial charge on any atom is -0.305 e. The fraction of sp³-hybridized carbons (Fsp3) is 0.455. The van der Waals surface area contributed by atoms with Crippen LogP contribution in [0, 0.1) is 0 Å². The molecule has 1 saturated heterocycles. The highest BCUT2D eigenvalue weighted by molar-refractivity contribution is 7.99. The zero-order valence-electron chi connectivity index (χ0n) is 7.70. The standard InChI is InChI=1S/C11H15NS/c1-2-5-10(6-3-1)9-11-12-7-4-8-13-11/h1-3,5-6,11-12H,4,7-9H2. The highest BCUT2D eigenvalue weighted by Crippen LogP contribution is 2.18. The number of nitrogens with one attached hydrogen (secondary N) is 1. The van der Waals surface area contributed by atoms with Crippen molar-refractivity contribution in [2.45, 2.75) is 18.2 Å². The van der Waals surface area contributed by atoms with Crippen LogP contribution in [0.15, 0.2) is 30.3 Å². The molecular weight excluding hydrogens is 178 g/mol. The average molecular weight is 193 g/mol. The van der Waals surface area contributed by atoms with Crippen molar-refractivity contribution in [1.82, 2.24) is 5.32 Å². The molecule has 1 N–H and O–H groups in total. The van der Waals surface area contributed by atoms with Gasteiger partial charge in [0.2, 0.25) is 0 Å². The number of hydrogen-bond acceptors (Lipinski definition) is 2. The van der Waals surface area contributed by atoms with Gasteiger partial charge in [0.15, 0.2) is 0 Å². The molecule has 0 aliphatic carbocycles. The van der Waals surface area contributed by atoms with E-state index >= 15 is 0 Å². The van der Waals surface area contributed by atoms with Gasteiger partial charge in [-0.15, -0.1) is 11.8 Å². The molecule has 70 valence electrons. The molecule has 1 atom stereocenters. The molecule has 0 spiro atoms. The lowest BCUT2D eigenvalue weighted by molar-refractivity contribution is 0.617. The molecule has 1 aliphatic heterocycles. The van der Waals surface area contributed by atoms with E-state index in [-0.39, 0.29) is 0 Å². The number of hydrogen-bond donors (Lipinski definition) is 1. The van der Waals surface area contributed by atoms with E-state index in [2.05, 4.69) is 35.6 Å². The average Bonchev–Trinajstić information content (AvgIpc) is 2.21. The Balaban J connectivity index is 1.90. The first-order valence-corrected chi connectivity index (χ1v) is 5.89. The van der Waals surface area contributed by atoms with Gasteiger partial charge in [-0.3, -0.25) is 0 Å². The molecule has 1 heterocycles. The zero-order chi connectivity index (χ0) is 8.93. The Hall–Kier alpha value is -0.470. The fourth-order valence-corrected chi connectivity index (χ4v) is 2.72. The maximum absolute atomic E-state index is 3.53. The van der Waals surface area contributed by atoms with Crippen LogP contribution in [-0.4, -0.2) is 17.7 Å². The van der Waals surface area contributed by atoms with Gasteiger partial charge in [-0.05, 0) is 30.7 Å². The molecule has 2 rings (SSSR count). The largest absolute Gasteiger partial charge is 0.305 e. The molecule has 1 aromatic carbocycles. The van der Waals surface area contributed by atoms with E-state index in [0.29, 0.717) is 5.37 Å². The van der Waals surface area contributed by atoms with Gasteiger partial charge in [-0.2, -0.15) is 0 Å². The van der Waals surface area contributed by atoms with E-state index < -0.39 is 0 Å². The zero-order valence-corrected chi connectivity index (χ0v) is 8.52. The van der Waals surface area contributed by atoms with E-state index in [1.165, 1.54) is 24.3 Å². The van der Waals surface area contributed by atoms with Crippen molar-refractivity contribution in [3.8, 4) is 0 Å². The molecule has 0 bridgehead atoms. The Morgan fingerprint density at radius 2 is 2.15 bits per heavy atom. The van der Waals surface area contributed by atoms with Crippen LogP contribution in [0.25, 0.3) is 0 Å². The summed E-state index contributed by atoms with van der Waals surface area (Å²) in [6, 6.07) is 10.7. The SMILES string of the molecule is c1ccc(CC2NCCCS2)cc1. The van der Waals surface area contributed by atoms with Crippen LogP contribution in [0.5, 0.6) is 0 Å². The topological polar surface area (TPSA) is 12.0 Å². The van der Waals surface area contributed by atoms with E-state index in [1.807, 2.05) is 11.8 Å². The Kier molecular flexibility index (Phi) is 3.27. The lowest BCUT2D eigenvalue weighted by Crippen LogP contribution is -2.33. The Labute approximate surface area is 83.9 Å². The second-order valence-corrected chi connectivity index (χ2v) is 4.67. The normalized spacial score (nSPS) is 22.9. The van der Waals surface area contributed by atoms with Gasteiger partial charge in [0.1, 0.15) is 0 Å². The Morgan fingerprint density at radius 3 is 2.85 bits per heavy atom. The summed E-state index contributed by atoms with van der Waals surface area (Å²) in [5, 5.41) is 4.17. The summed E-state index contributed by atoms with van der Waals surface area (Å²) >= 11 is 2.05. The summed E-state index contributed by atoms with van der Waals surface area (Å²) in [6.45, 7) is 1.19. The lowest BCUT2D eigenvalue weighted by atomic mass is 10.1. The maximum atomic E-state index is 3.53. The van der Waals surface area contributed by atoms with Crippen LogP contribution < -0.4 is 5.32 Å². The molecule has 1 aliphatic rings. The quantitative estimate of drug-likeness (QED) is 0.773. The van der Waals surface area contributed by atoms with Gasteiger partial charge in [0.05, 0.1) is 5.37 Å². The van der Waals surface area contributed by atoms with Crippen LogP contribution in [0.3, 0.4) is 0 Å². The predicted molar refractivity (Wildman–Crippen MR) is 59.0 cm³/mol. The molecule has 0 radical (unpaired) electrons. The highest BCUT2D eigenvalue weighted by atomic mass is 32.2. The maximum Gasteiger partial charge on any atom is 0.0572 e. The number of benzene rings is 1. The van der Waals surface area contributed by atoms with Crippen LogP contribution in [0.4, 0.5) is 0 Å². The first-order valence-electron chi connectivity index (χ1n) is 4.84. The van der Waals surface area contributed by atoms with E-state index in [1.54, 1.807) is 0 Å². The van der Waals surface area contributed by atoms with E-state index in [9.17, 15) is 0 Å². The van der Waals surface area contributed by atoms with Crippen molar-refractivity contribution in [2.75, 3.05) is 12.3 Å². The molecule has 1 aromatic rings. The van der Waals surface area contributed by atoms with E-state index in [4.69, 9.17) is 0 Å². The van der Waals surface area contributed by atoms with Crippen molar-refractivity contribution < 1.29 is 0 Å². The third-order valence-electron chi connectivity index (χ3n) is 2.28. The second kappa shape index (κ2) is 4.68. The molecule has 1 fully saturated rings. The molecule has 1 unspecified atom stereocenters. The fourth-order valence-electron chi connectivity index (χ4n) is 1.58. The third-order valence-corrected chi connectivity index (χ3v) is 3.54. The van der Waals surface area contributed by atoms with Crippen molar-refractivity contribution in [2.24, 2.45) is 0 Å². The lowest BCUT2D eigenvalue weighted by Gasteiger charge is -2.22.